The number of sulfonamides is 1. The van der Waals surface area contributed by atoms with Gasteiger partial charge in [-0.3, -0.25) is 4.79 Å². The molecule has 0 saturated heterocycles. The summed E-state index contributed by atoms with van der Waals surface area (Å²) in [6.07, 6.45) is 5.07. The average molecular weight is 352 g/mol. The molecule has 0 aliphatic heterocycles. The quantitative estimate of drug-likeness (QED) is 0.816. The molecule has 5 nitrogen and oxygen atoms in total. The monoisotopic (exact) mass is 351 g/mol. The van der Waals surface area contributed by atoms with E-state index in [4.69, 9.17) is 11.5 Å². The van der Waals surface area contributed by atoms with Gasteiger partial charge in [-0.2, -0.15) is 4.31 Å². The lowest BCUT2D eigenvalue weighted by Gasteiger charge is -2.17. The SMILES string of the molecule is C#CCN(CC(=O)O)S(=O)(=O)c1cc(Br)sc1C. The summed E-state index contributed by atoms with van der Waals surface area (Å²) in [5.41, 5.74) is 0. The smallest absolute Gasteiger partial charge is 0.318 e. The number of rotatable bonds is 5. The molecule has 8 heteroatoms. The molecule has 0 unspecified atom stereocenters. The molecular formula is C10H10BrNO4S2. The van der Waals surface area contributed by atoms with Crippen molar-refractivity contribution < 1.29 is 18.3 Å². The minimum absolute atomic E-state index is 0.0795. The predicted octanol–water partition coefficient (Wildman–Crippen LogP) is 1.53. The van der Waals surface area contributed by atoms with Crippen LogP contribution < -0.4 is 0 Å². The van der Waals surface area contributed by atoms with Crippen molar-refractivity contribution in [2.75, 3.05) is 13.1 Å². The third kappa shape index (κ3) is 3.32. The Morgan fingerprint density at radius 2 is 2.28 bits per heavy atom. The van der Waals surface area contributed by atoms with Crippen LogP contribution in [0.3, 0.4) is 0 Å². The van der Waals surface area contributed by atoms with Crippen LogP contribution in [-0.2, 0) is 14.8 Å². The van der Waals surface area contributed by atoms with Gasteiger partial charge in [-0.25, -0.2) is 8.42 Å². The Hall–Kier alpha value is -0.880. The number of aliphatic carboxylic acids is 1. The van der Waals surface area contributed by atoms with Gasteiger partial charge in [-0.05, 0) is 28.9 Å². The minimum atomic E-state index is -3.88. The van der Waals surface area contributed by atoms with Gasteiger partial charge in [-0.15, -0.1) is 17.8 Å². The molecular weight excluding hydrogens is 342 g/mol. The highest BCUT2D eigenvalue weighted by Crippen LogP contribution is 2.31. The Labute approximate surface area is 118 Å². The molecule has 0 fully saturated rings. The number of thiophene rings is 1. The Balaban J connectivity index is 3.21. The van der Waals surface area contributed by atoms with E-state index in [0.717, 1.165) is 4.31 Å². The van der Waals surface area contributed by atoms with Gasteiger partial charge in [0.2, 0.25) is 10.0 Å². The summed E-state index contributed by atoms with van der Waals surface area (Å²) >= 11 is 4.46. The number of hydrogen-bond acceptors (Lipinski definition) is 4. The maximum absolute atomic E-state index is 12.2. The molecule has 0 amide bonds. The minimum Gasteiger partial charge on any atom is -0.480 e. The first kappa shape index (κ1) is 15.2. The van der Waals surface area contributed by atoms with Crippen LogP contribution in [0.4, 0.5) is 0 Å². The van der Waals surface area contributed by atoms with E-state index in [0.29, 0.717) is 8.66 Å². The molecule has 18 heavy (non-hydrogen) atoms. The second kappa shape index (κ2) is 5.84. The Bertz CT molecular complexity index is 600. The van der Waals surface area contributed by atoms with Crippen LogP contribution in [0.15, 0.2) is 14.7 Å². The van der Waals surface area contributed by atoms with Crippen LogP contribution in [0, 0.1) is 19.3 Å². The van der Waals surface area contributed by atoms with Gasteiger partial charge in [0.25, 0.3) is 0 Å². The second-order valence-electron chi connectivity index (χ2n) is 3.34. The van der Waals surface area contributed by atoms with E-state index in [1.165, 1.54) is 17.4 Å². The van der Waals surface area contributed by atoms with Gasteiger partial charge in [0.15, 0.2) is 0 Å². The molecule has 1 rings (SSSR count). The zero-order chi connectivity index (χ0) is 13.9. The molecule has 1 aromatic heterocycles. The molecule has 98 valence electrons. The number of carbonyl (C=O) groups is 1. The lowest BCUT2D eigenvalue weighted by Crippen LogP contribution is -2.36. The normalized spacial score (nSPS) is 11.4. The standard InChI is InChI=1S/C10H10BrNO4S2/c1-3-4-12(6-10(13)14)18(15,16)8-5-9(11)17-7(8)2/h1,5H,4,6H2,2H3,(H,13,14). The van der Waals surface area contributed by atoms with Crippen LogP contribution in [0.25, 0.3) is 0 Å². The maximum atomic E-state index is 12.2. The molecule has 0 spiro atoms. The summed E-state index contributed by atoms with van der Waals surface area (Å²) in [5, 5.41) is 8.71. The van der Waals surface area contributed by atoms with Gasteiger partial charge < -0.3 is 5.11 Å². The van der Waals surface area contributed by atoms with Crippen molar-refractivity contribution in [3.05, 3.63) is 14.7 Å². The molecule has 0 radical (unpaired) electrons. The Kier molecular flexibility index (Phi) is 4.92. The highest BCUT2D eigenvalue weighted by atomic mass is 79.9. The topological polar surface area (TPSA) is 74.7 Å². The first-order valence-corrected chi connectivity index (χ1v) is 7.75. The zero-order valence-electron chi connectivity index (χ0n) is 9.38. The number of carboxylic acids is 1. The molecule has 0 aliphatic carbocycles. The van der Waals surface area contributed by atoms with E-state index in [-0.39, 0.29) is 11.4 Å². The van der Waals surface area contributed by atoms with Gasteiger partial charge in [0, 0.05) is 4.88 Å². The van der Waals surface area contributed by atoms with Gasteiger partial charge in [0.05, 0.1) is 15.2 Å². The third-order valence-electron chi connectivity index (χ3n) is 2.04. The van der Waals surface area contributed by atoms with Crippen LogP contribution in [-0.4, -0.2) is 36.9 Å². The largest absolute Gasteiger partial charge is 0.480 e. The van der Waals surface area contributed by atoms with E-state index >= 15 is 0 Å². The molecule has 0 aliphatic rings. The fraction of sp³-hybridized carbons (Fsp3) is 0.300. The second-order valence-corrected chi connectivity index (χ2v) is 7.88. The molecule has 0 saturated carbocycles. The van der Waals surface area contributed by atoms with Crippen LogP contribution in [0.2, 0.25) is 0 Å². The average Bonchev–Trinajstić information content (AvgIpc) is 2.57. The summed E-state index contributed by atoms with van der Waals surface area (Å²) in [6, 6.07) is 1.45. The van der Waals surface area contributed by atoms with Crippen molar-refractivity contribution in [3.8, 4) is 12.3 Å². The van der Waals surface area contributed by atoms with Crippen molar-refractivity contribution in [2.24, 2.45) is 0 Å². The highest BCUT2D eigenvalue weighted by Gasteiger charge is 2.28. The third-order valence-corrected chi connectivity index (χ3v) is 5.64. The number of hydrogen-bond donors (Lipinski definition) is 1. The van der Waals surface area contributed by atoms with Gasteiger partial charge >= 0.3 is 5.97 Å². The van der Waals surface area contributed by atoms with E-state index in [1.54, 1.807) is 6.92 Å². The van der Waals surface area contributed by atoms with E-state index in [1.807, 2.05) is 0 Å². The predicted molar refractivity (Wildman–Crippen MR) is 72.0 cm³/mol. The maximum Gasteiger partial charge on any atom is 0.318 e. The van der Waals surface area contributed by atoms with E-state index in [2.05, 4.69) is 21.9 Å². The van der Waals surface area contributed by atoms with Crippen LogP contribution in [0.1, 0.15) is 4.88 Å². The lowest BCUT2D eigenvalue weighted by atomic mass is 10.5. The fourth-order valence-electron chi connectivity index (χ4n) is 1.30. The number of carboxylic acid groups (broad SMARTS) is 1. The van der Waals surface area contributed by atoms with Crippen molar-refractivity contribution in [3.63, 3.8) is 0 Å². The Morgan fingerprint density at radius 3 is 2.67 bits per heavy atom. The van der Waals surface area contributed by atoms with E-state index < -0.39 is 22.5 Å². The fourth-order valence-corrected chi connectivity index (χ4v) is 4.99. The van der Waals surface area contributed by atoms with Crippen LogP contribution in [0.5, 0.6) is 0 Å². The van der Waals surface area contributed by atoms with Gasteiger partial charge in [0.1, 0.15) is 6.54 Å². The van der Waals surface area contributed by atoms with Crippen molar-refractivity contribution >= 4 is 43.3 Å². The molecule has 1 N–H and O–H groups in total. The summed E-state index contributed by atoms with van der Waals surface area (Å²) in [4.78, 5) is 11.3. The molecule has 0 atom stereocenters. The van der Waals surface area contributed by atoms with E-state index in [9.17, 15) is 13.2 Å². The van der Waals surface area contributed by atoms with Crippen LogP contribution >= 0.6 is 27.3 Å². The molecule has 1 aromatic rings. The first-order chi connectivity index (χ1) is 8.28. The zero-order valence-corrected chi connectivity index (χ0v) is 12.6. The summed E-state index contributed by atoms with van der Waals surface area (Å²) in [6.45, 7) is 0.720. The first-order valence-electron chi connectivity index (χ1n) is 4.70. The van der Waals surface area contributed by atoms with Crippen molar-refractivity contribution in [1.29, 1.82) is 0 Å². The number of terminal acetylenes is 1. The molecule has 0 aromatic carbocycles. The number of aryl methyl sites for hydroxylation is 1. The van der Waals surface area contributed by atoms with Gasteiger partial charge in [-0.1, -0.05) is 5.92 Å². The van der Waals surface area contributed by atoms with Crippen molar-refractivity contribution in [2.45, 2.75) is 11.8 Å². The molecule has 1 heterocycles. The highest BCUT2D eigenvalue weighted by molar-refractivity contribution is 9.11. The Morgan fingerprint density at radius 1 is 1.67 bits per heavy atom. The summed E-state index contributed by atoms with van der Waals surface area (Å²) in [7, 11) is -3.88. The lowest BCUT2D eigenvalue weighted by molar-refractivity contribution is -0.137. The number of nitrogens with zero attached hydrogens (tertiary/aromatic N) is 1. The number of halogens is 1. The summed E-state index contributed by atoms with van der Waals surface area (Å²) in [5.74, 6) is 0.901. The molecule has 0 bridgehead atoms. The summed E-state index contributed by atoms with van der Waals surface area (Å²) < 4.78 is 25.9. The van der Waals surface area contributed by atoms with Crippen molar-refractivity contribution in [1.82, 2.24) is 4.31 Å².